The van der Waals surface area contributed by atoms with E-state index in [2.05, 4.69) is 30.4 Å². The van der Waals surface area contributed by atoms with Crippen molar-refractivity contribution >= 4 is 11.7 Å². The first-order valence-electron chi connectivity index (χ1n) is 8.56. The second-order valence-corrected chi connectivity index (χ2v) is 6.27. The second kappa shape index (κ2) is 7.10. The van der Waals surface area contributed by atoms with E-state index in [-0.39, 0.29) is 18.2 Å². The smallest absolute Gasteiger partial charge is 0.291 e. The summed E-state index contributed by atoms with van der Waals surface area (Å²) < 4.78 is 14.6. The minimum Gasteiger partial charge on any atom is -0.344 e. The maximum atomic E-state index is 13.1. The van der Waals surface area contributed by atoms with Gasteiger partial charge in [0, 0.05) is 17.0 Å². The van der Waals surface area contributed by atoms with Gasteiger partial charge in [-0.15, -0.1) is 5.10 Å². The number of carbonyl (C=O) groups excluding carboxylic acids is 1. The van der Waals surface area contributed by atoms with Gasteiger partial charge in [-0.05, 0) is 50.2 Å². The fourth-order valence-corrected chi connectivity index (χ4v) is 2.79. The van der Waals surface area contributed by atoms with Crippen LogP contribution < -0.4 is 5.32 Å². The molecule has 4 aromatic rings. The van der Waals surface area contributed by atoms with Crippen molar-refractivity contribution in [2.24, 2.45) is 0 Å². The molecule has 3 aromatic heterocycles. The third-order valence-corrected chi connectivity index (χ3v) is 4.12. The van der Waals surface area contributed by atoms with E-state index in [9.17, 15) is 9.18 Å². The Morgan fingerprint density at radius 3 is 2.68 bits per heavy atom. The number of hydrogen-bond donors (Lipinski definition) is 1. The number of halogens is 1. The molecular formula is C19H16FN7O. The molecule has 0 saturated carbocycles. The molecule has 140 valence electrons. The zero-order valence-electron chi connectivity index (χ0n) is 15.2. The number of fused-ring (bicyclic) bond motifs is 1. The van der Waals surface area contributed by atoms with Crippen LogP contribution in [-0.4, -0.2) is 35.5 Å². The Bertz CT molecular complexity index is 1170. The van der Waals surface area contributed by atoms with Gasteiger partial charge >= 0.3 is 0 Å². The van der Waals surface area contributed by atoms with E-state index in [1.54, 1.807) is 18.2 Å². The van der Waals surface area contributed by atoms with E-state index >= 15 is 0 Å². The van der Waals surface area contributed by atoms with Gasteiger partial charge in [0.1, 0.15) is 12.1 Å². The first kappa shape index (κ1) is 17.7. The van der Waals surface area contributed by atoms with Crippen molar-refractivity contribution < 1.29 is 9.18 Å². The van der Waals surface area contributed by atoms with Crippen molar-refractivity contribution in [3.63, 3.8) is 0 Å². The van der Waals surface area contributed by atoms with Crippen molar-refractivity contribution in [1.29, 1.82) is 0 Å². The van der Waals surface area contributed by atoms with Gasteiger partial charge in [-0.2, -0.15) is 4.98 Å². The van der Waals surface area contributed by atoms with Crippen LogP contribution in [0.15, 0.2) is 42.7 Å². The molecule has 9 heteroatoms. The van der Waals surface area contributed by atoms with Crippen LogP contribution in [0.4, 0.5) is 4.39 Å². The fourth-order valence-electron chi connectivity index (χ4n) is 2.79. The maximum Gasteiger partial charge on any atom is 0.291 e. The van der Waals surface area contributed by atoms with Crippen LogP contribution in [0.2, 0.25) is 0 Å². The normalized spacial score (nSPS) is 11.0. The highest BCUT2D eigenvalue weighted by atomic mass is 19.1. The van der Waals surface area contributed by atoms with Crippen molar-refractivity contribution in [2.45, 2.75) is 20.4 Å². The van der Waals surface area contributed by atoms with E-state index in [4.69, 9.17) is 0 Å². The number of amides is 1. The number of nitrogens with one attached hydrogen (secondary N) is 1. The number of rotatable bonds is 4. The highest BCUT2D eigenvalue weighted by Gasteiger charge is 2.15. The van der Waals surface area contributed by atoms with E-state index in [1.165, 1.54) is 23.0 Å². The van der Waals surface area contributed by atoms with Gasteiger partial charge in [0.2, 0.25) is 5.82 Å². The lowest BCUT2D eigenvalue weighted by Crippen LogP contribution is -2.24. The fraction of sp³-hybridized carbons (Fsp3) is 0.158. The van der Waals surface area contributed by atoms with Gasteiger partial charge in [-0.3, -0.25) is 4.79 Å². The lowest BCUT2D eigenvalue weighted by atomic mass is 10.1. The molecule has 3 heterocycles. The largest absolute Gasteiger partial charge is 0.344 e. The zero-order valence-corrected chi connectivity index (χ0v) is 15.2. The van der Waals surface area contributed by atoms with Crippen LogP contribution in [0, 0.1) is 19.7 Å². The summed E-state index contributed by atoms with van der Waals surface area (Å²) in [5.41, 5.74) is 3.65. The van der Waals surface area contributed by atoms with E-state index in [0.29, 0.717) is 17.2 Å². The van der Waals surface area contributed by atoms with Gasteiger partial charge in [0.15, 0.2) is 0 Å². The molecule has 0 aliphatic carbocycles. The van der Waals surface area contributed by atoms with E-state index < -0.39 is 5.91 Å². The Balaban J connectivity index is 1.50. The summed E-state index contributed by atoms with van der Waals surface area (Å²) in [6.07, 6.45) is 1.40. The van der Waals surface area contributed by atoms with Gasteiger partial charge in [-0.1, -0.05) is 0 Å². The third kappa shape index (κ3) is 3.54. The van der Waals surface area contributed by atoms with E-state index in [0.717, 1.165) is 17.0 Å². The van der Waals surface area contributed by atoms with Crippen LogP contribution in [0.5, 0.6) is 0 Å². The van der Waals surface area contributed by atoms with Crippen LogP contribution in [0.3, 0.4) is 0 Å². The molecule has 4 rings (SSSR count). The summed E-state index contributed by atoms with van der Waals surface area (Å²) in [4.78, 5) is 29.2. The molecule has 0 unspecified atom stereocenters. The lowest BCUT2D eigenvalue weighted by Gasteiger charge is -2.05. The van der Waals surface area contributed by atoms with Gasteiger partial charge < -0.3 is 5.32 Å². The number of aryl methyl sites for hydroxylation is 2. The minimum absolute atomic E-state index is 0.0361. The predicted molar refractivity (Wildman–Crippen MR) is 98.9 cm³/mol. The standard InChI is InChI=1S/C19H16FN7O/c1-11-7-12(2)27-19(24-11)25-17(26-27)18(28)21-9-15-8-16(23-10-22-15)13-3-5-14(20)6-4-13/h3-8,10H,9H2,1-2H3,(H,21,28). The molecule has 1 amide bonds. The Labute approximate surface area is 159 Å². The first-order valence-corrected chi connectivity index (χ1v) is 8.56. The average Bonchev–Trinajstić information content (AvgIpc) is 3.11. The number of benzene rings is 1. The molecule has 0 fully saturated rings. The number of aromatic nitrogens is 6. The Morgan fingerprint density at radius 2 is 1.89 bits per heavy atom. The molecule has 0 aliphatic rings. The van der Waals surface area contributed by atoms with Crippen LogP contribution in [-0.2, 0) is 6.54 Å². The average molecular weight is 377 g/mol. The third-order valence-electron chi connectivity index (χ3n) is 4.12. The number of hydrogen-bond acceptors (Lipinski definition) is 6. The molecule has 1 N–H and O–H groups in total. The summed E-state index contributed by atoms with van der Waals surface area (Å²) >= 11 is 0. The summed E-state index contributed by atoms with van der Waals surface area (Å²) in [5, 5.41) is 6.94. The Kier molecular flexibility index (Phi) is 4.48. The zero-order chi connectivity index (χ0) is 19.7. The molecule has 0 atom stereocenters. The summed E-state index contributed by atoms with van der Waals surface area (Å²) in [5.74, 6) is -0.327. The van der Waals surface area contributed by atoms with Gasteiger partial charge in [-0.25, -0.2) is 23.9 Å². The molecular weight excluding hydrogens is 361 g/mol. The van der Waals surface area contributed by atoms with Crippen molar-refractivity contribution in [2.75, 3.05) is 0 Å². The predicted octanol–water partition coefficient (Wildman–Crippen LogP) is 2.27. The summed E-state index contributed by atoms with van der Waals surface area (Å²) in [6.45, 7) is 3.90. The molecule has 28 heavy (non-hydrogen) atoms. The van der Waals surface area contributed by atoms with Crippen molar-refractivity contribution in [3.8, 4) is 11.3 Å². The molecule has 0 spiro atoms. The Morgan fingerprint density at radius 1 is 1.11 bits per heavy atom. The lowest BCUT2D eigenvalue weighted by molar-refractivity contribution is 0.0940. The van der Waals surface area contributed by atoms with Gasteiger partial charge in [0.25, 0.3) is 11.7 Å². The van der Waals surface area contributed by atoms with Crippen LogP contribution >= 0.6 is 0 Å². The number of nitrogens with zero attached hydrogens (tertiary/aromatic N) is 6. The van der Waals surface area contributed by atoms with E-state index in [1.807, 2.05) is 19.9 Å². The number of carbonyl (C=O) groups is 1. The minimum atomic E-state index is -0.426. The monoisotopic (exact) mass is 377 g/mol. The van der Waals surface area contributed by atoms with Gasteiger partial charge in [0.05, 0.1) is 17.9 Å². The molecule has 0 radical (unpaired) electrons. The second-order valence-electron chi connectivity index (χ2n) is 6.27. The van der Waals surface area contributed by atoms with Crippen molar-refractivity contribution in [1.82, 2.24) is 34.9 Å². The van der Waals surface area contributed by atoms with Crippen LogP contribution in [0.1, 0.15) is 27.7 Å². The molecule has 1 aromatic carbocycles. The highest BCUT2D eigenvalue weighted by Crippen LogP contribution is 2.17. The summed E-state index contributed by atoms with van der Waals surface area (Å²) in [7, 11) is 0. The van der Waals surface area contributed by atoms with Crippen molar-refractivity contribution in [3.05, 3.63) is 71.4 Å². The molecule has 0 saturated heterocycles. The quantitative estimate of drug-likeness (QED) is 0.586. The SMILES string of the molecule is Cc1cc(C)n2nc(C(=O)NCc3cc(-c4ccc(F)cc4)ncn3)nc2n1. The van der Waals surface area contributed by atoms with Crippen LogP contribution in [0.25, 0.3) is 17.0 Å². The molecule has 0 aliphatic heterocycles. The summed E-state index contributed by atoms with van der Waals surface area (Å²) in [6, 6.07) is 9.61. The first-order chi connectivity index (χ1) is 13.5. The molecule has 0 bridgehead atoms. The maximum absolute atomic E-state index is 13.1. The molecule has 8 nitrogen and oxygen atoms in total. The Hall–Kier alpha value is -3.75. The highest BCUT2D eigenvalue weighted by molar-refractivity contribution is 5.90. The topological polar surface area (TPSA) is 98.0 Å².